The standard InChI is InChI=1S/C11H20F5NO3S/c1-20-7-6-17-5-3-9-21(18,19)8-2-4-10(12,13)11(14,15)16/h17H,2-9H2,1H3. The van der Waals surface area contributed by atoms with Gasteiger partial charge in [0.15, 0.2) is 0 Å². The first-order valence-corrected chi connectivity index (χ1v) is 8.18. The Balaban J connectivity index is 3.94. The summed E-state index contributed by atoms with van der Waals surface area (Å²) in [5, 5.41) is 2.90. The van der Waals surface area contributed by atoms with Crippen LogP contribution in [0.1, 0.15) is 19.3 Å². The number of alkyl halides is 5. The van der Waals surface area contributed by atoms with Crippen LogP contribution in [0.25, 0.3) is 0 Å². The zero-order valence-corrected chi connectivity index (χ0v) is 12.5. The fourth-order valence-electron chi connectivity index (χ4n) is 1.47. The molecular formula is C11H20F5NO3S. The molecule has 0 saturated heterocycles. The number of sulfone groups is 1. The highest BCUT2D eigenvalue weighted by molar-refractivity contribution is 7.91. The van der Waals surface area contributed by atoms with Gasteiger partial charge in [0.05, 0.1) is 18.1 Å². The van der Waals surface area contributed by atoms with Crippen molar-refractivity contribution in [1.29, 1.82) is 0 Å². The topological polar surface area (TPSA) is 55.4 Å². The second kappa shape index (κ2) is 8.84. The minimum atomic E-state index is -5.64. The number of hydrogen-bond donors (Lipinski definition) is 1. The Morgan fingerprint density at radius 3 is 2.10 bits per heavy atom. The van der Waals surface area contributed by atoms with Crippen molar-refractivity contribution in [2.45, 2.75) is 31.4 Å². The Morgan fingerprint density at radius 2 is 1.57 bits per heavy atom. The minimum absolute atomic E-state index is 0.245. The van der Waals surface area contributed by atoms with E-state index in [1.54, 1.807) is 0 Å². The van der Waals surface area contributed by atoms with Gasteiger partial charge in [-0.2, -0.15) is 22.0 Å². The van der Waals surface area contributed by atoms with E-state index >= 15 is 0 Å². The lowest BCUT2D eigenvalue weighted by Crippen LogP contribution is -2.36. The molecule has 0 aliphatic heterocycles. The van der Waals surface area contributed by atoms with Gasteiger partial charge in [0, 0.05) is 20.1 Å². The zero-order valence-electron chi connectivity index (χ0n) is 11.7. The van der Waals surface area contributed by atoms with Crippen molar-refractivity contribution in [2.75, 3.05) is 38.3 Å². The van der Waals surface area contributed by atoms with Crippen LogP contribution >= 0.6 is 0 Å². The Kier molecular flexibility index (Phi) is 8.64. The molecule has 1 N–H and O–H groups in total. The van der Waals surface area contributed by atoms with Crippen molar-refractivity contribution in [2.24, 2.45) is 0 Å². The van der Waals surface area contributed by atoms with Gasteiger partial charge in [0.1, 0.15) is 9.84 Å². The molecule has 0 radical (unpaired) electrons. The molecule has 0 heterocycles. The van der Waals surface area contributed by atoms with Crippen LogP contribution in [0.4, 0.5) is 22.0 Å². The van der Waals surface area contributed by atoms with Crippen LogP contribution < -0.4 is 5.32 Å². The second-order valence-electron chi connectivity index (χ2n) is 4.55. The normalized spacial score (nSPS) is 13.6. The molecule has 0 fully saturated rings. The van der Waals surface area contributed by atoms with E-state index in [-0.39, 0.29) is 12.2 Å². The van der Waals surface area contributed by atoms with E-state index in [4.69, 9.17) is 4.74 Å². The van der Waals surface area contributed by atoms with Gasteiger partial charge in [0.25, 0.3) is 0 Å². The average Bonchev–Trinajstić information content (AvgIpc) is 2.31. The van der Waals surface area contributed by atoms with E-state index in [1.807, 2.05) is 0 Å². The van der Waals surface area contributed by atoms with Crippen molar-refractivity contribution < 1.29 is 35.1 Å². The molecule has 0 spiro atoms. The first-order chi connectivity index (χ1) is 9.52. The molecule has 0 aromatic carbocycles. The molecule has 10 heteroatoms. The van der Waals surface area contributed by atoms with Crippen LogP contribution in [-0.4, -0.2) is 58.8 Å². The van der Waals surface area contributed by atoms with Crippen LogP contribution in [0.15, 0.2) is 0 Å². The number of halogens is 5. The molecule has 0 atom stereocenters. The highest BCUT2D eigenvalue weighted by Gasteiger charge is 2.56. The third-order valence-electron chi connectivity index (χ3n) is 2.65. The predicted molar refractivity (Wildman–Crippen MR) is 68.3 cm³/mol. The van der Waals surface area contributed by atoms with Gasteiger partial charge < -0.3 is 10.1 Å². The summed E-state index contributed by atoms with van der Waals surface area (Å²) in [7, 11) is -2.10. The Morgan fingerprint density at radius 1 is 1.00 bits per heavy atom. The van der Waals surface area contributed by atoms with Crippen molar-refractivity contribution >= 4 is 9.84 Å². The van der Waals surface area contributed by atoms with Crippen LogP contribution in [0, 0.1) is 0 Å². The lowest BCUT2D eigenvalue weighted by molar-refractivity contribution is -0.284. The molecule has 128 valence electrons. The first-order valence-electron chi connectivity index (χ1n) is 6.36. The molecule has 0 aromatic heterocycles. The number of hydrogen-bond acceptors (Lipinski definition) is 4. The van der Waals surface area contributed by atoms with Crippen LogP contribution in [0.3, 0.4) is 0 Å². The van der Waals surface area contributed by atoms with Crippen LogP contribution in [0.5, 0.6) is 0 Å². The second-order valence-corrected chi connectivity index (χ2v) is 6.86. The minimum Gasteiger partial charge on any atom is -0.383 e. The smallest absolute Gasteiger partial charge is 0.383 e. The van der Waals surface area contributed by atoms with Gasteiger partial charge in [-0.1, -0.05) is 0 Å². The van der Waals surface area contributed by atoms with Gasteiger partial charge >= 0.3 is 12.1 Å². The fourth-order valence-corrected chi connectivity index (χ4v) is 2.85. The highest BCUT2D eigenvalue weighted by Crippen LogP contribution is 2.38. The molecule has 0 unspecified atom stereocenters. The fraction of sp³-hybridized carbons (Fsp3) is 1.00. The molecule has 4 nitrogen and oxygen atoms in total. The van der Waals surface area contributed by atoms with Gasteiger partial charge in [-0.3, -0.25) is 0 Å². The van der Waals surface area contributed by atoms with E-state index < -0.39 is 40.5 Å². The lowest BCUT2D eigenvalue weighted by Gasteiger charge is -2.19. The van der Waals surface area contributed by atoms with E-state index in [1.165, 1.54) is 7.11 Å². The quantitative estimate of drug-likeness (QED) is 0.461. The Bertz CT molecular complexity index is 384. The summed E-state index contributed by atoms with van der Waals surface area (Å²) < 4.78 is 88.5. The zero-order chi connectivity index (χ0) is 16.6. The van der Waals surface area contributed by atoms with Crippen LogP contribution in [-0.2, 0) is 14.6 Å². The first kappa shape index (κ1) is 20.5. The molecular weight excluding hydrogens is 321 g/mol. The maximum absolute atomic E-state index is 12.6. The highest BCUT2D eigenvalue weighted by atomic mass is 32.2. The Labute approximate surface area is 121 Å². The molecule has 0 aliphatic rings. The van der Waals surface area contributed by atoms with Crippen LogP contribution in [0.2, 0.25) is 0 Å². The third-order valence-corrected chi connectivity index (χ3v) is 4.47. The summed E-state index contributed by atoms with van der Waals surface area (Å²) in [6, 6.07) is 0. The van der Waals surface area contributed by atoms with E-state index in [0.717, 1.165) is 0 Å². The number of methoxy groups -OCH3 is 1. The summed E-state index contributed by atoms with van der Waals surface area (Å²) in [6.07, 6.45) is -7.60. The summed E-state index contributed by atoms with van der Waals surface area (Å²) >= 11 is 0. The molecule has 0 saturated carbocycles. The van der Waals surface area contributed by atoms with Gasteiger partial charge in [-0.05, 0) is 19.4 Å². The number of nitrogens with one attached hydrogen (secondary N) is 1. The molecule has 0 aromatic rings. The van der Waals surface area contributed by atoms with Crippen molar-refractivity contribution in [3.05, 3.63) is 0 Å². The summed E-state index contributed by atoms with van der Waals surface area (Å²) in [4.78, 5) is 0. The van der Waals surface area contributed by atoms with Gasteiger partial charge in [0.2, 0.25) is 0 Å². The van der Waals surface area contributed by atoms with Gasteiger partial charge in [-0.15, -0.1) is 0 Å². The van der Waals surface area contributed by atoms with Gasteiger partial charge in [-0.25, -0.2) is 8.42 Å². The Hall–Kier alpha value is -0.480. The SMILES string of the molecule is COCCNCCCS(=O)(=O)CCCC(F)(F)C(F)(F)F. The maximum atomic E-state index is 12.6. The largest absolute Gasteiger partial charge is 0.453 e. The number of rotatable bonds is 11. The number of ether oxygens (including phenoxy) is 1. The predicted octanol–water partition coefficient (Wildman–Crippen LogP) is 2.01. The third kappa shape index (κ3) is 9.20. The molecule has 0 aliphatic carbocycles. The maximum Gasteiger partial charge on any atom is 0.453 e. The van der Waals surface area contributed by atoms with E-state index in [0.29, 0.717) is 19.7 Å². The van der Waals surface area contributed by atoms with Crippen molar-refractivity contribution in [3.8, 4) is 0 Å². The van der Waals surface area contributed by atoms with E-state index in [9.17, 15) is 30.4 Å². The average molecular weight is 341 g/mol. The molecule has 0 rings (SSSR count). The molecule has 0 bridgehead atoms. The van der Waals surface area contributed by atoms with Crippen molar-refractivity contribution in [1.82, 2.24) is 5.32 Å². The summed E-state index contributed by atoms with van der Waals surface area (Å²) in [6.45, 7) is 1.43. The molecule has 21 heavy (non-hydrogen) atoms. The monoisotopic (exact) mass is 341 g/mol. The summed E-state index contributed by atoms with van der Waals surface area (Å²) in [5.74, 6) is -5.76. The molecule has 0 amide bonds. The van der Waals surface area contributed by atoms with E-state index in [2.05, 4.69) is 5.32 Å². The summed E-state index contributed by atoms with van der Waals surface area (Å²) in [5.41, 5.74) is 0. The van der Waals surface area contributed by atoms with Crippen molar-refractivity contribution in [3.63, 3.8) is 0 Å². The lowest BCUT2D eigenvalue weighted by atomic mass is 10.2.